The Morgan fingerprint density at radius 2 is 1.88 bits per heavy atom. The number of hydrogen-bond acceptors (Lipinski definition) is 7. The Bertz CT molecular complexity index is 1530. The van der Waals surface area contributed by atoms with E-state index in [1.807, 2.05) is 67.6 Å². The molecule has 1 amide bonds. The van der Waals surface area contributed by atoms with Crippen LogP contribution in [-0.2, 0) is 11.4 Å². The number of nitrogens with zero attached hydrogens (tertiary/aromatic N) is 3. The number of amides is 1. The van der Waals surface area contributed by atoms with Crippen LogP contribution in [0.25, 0.3) is 0 Å². The van der Waals surface area contributed by atoms with Crippen LogP contribution in [0.5, 0.6) is 11.5 Å². The molecule has 0 bridgehead atoms. The number of para-hydroxylation sites is 1. The zero-order chi connectivity index (χ0) is 28.1. The molecule has 206 valence electrons. The normalized spacial score (nSPS) is 14.3. The van der Waals surface area contributed by atoms with Crippen LogP contribution in [-0.4, -0.2) is 33.5 Å². The number of carbonyl (C=O) groups is 1. The molecule has 0 fully saturated rings. The summed E-state index contributed by atoms with van der Waals surface area (Å²) in [5.41, 5.74) is 5.06. The molecule has 1 aliphatic heterocycles. The molecule has 40 heavy (non-hydrogen) atoms. The van der Waals surface area contributed by atoms with Gasteiger partial charge in [0.15, 0.2) is 11.5 Å². The van der Waals surface area contributed by atoms with Crippen LogP contribution < -0.4 is 20.1 Å². The Morgan fingerprint density at radius 3 is 2.62 bits per heavy atom. The number of allylic oxidation sites excluding steroid dienone is 1. The smallest absolute Gasteiger partial charge is 0.255 e. The molecule has 0 radical (unpaired) electrons. The van der Waals surface area contributed by atoms with Gasteiger partial charge in [0.2, 0.25) is 11.1 Å². The minimum absolute atomic E-state index is 0.219. The predicted molar refractivity (Wildman–Crippen MR) is 159 cm³/mol. The molecule has 2 N–H and O–H groups in total. The maximum Gasteiger partial charge on any atom is 0.255 e. The molecule has 1 aliphatic rings. The van der Waals surface area contributed by atoms with E-state index in [2.05, 4.69) is 36.6 Å². The van der Waals surface area contributed by atoms with Crippen LogP contribution in [0.3, 0.4) is 0 Å². The van der Waals surface area contributed by atoms with E-state index in [-0.39, 0.29) is 5.91 Å². The Morgan fingerprint density at radius 1 is 1.05 bits per heavy atom. The van der Waals surface area contributed by atoms with E-state index < -0.39 is 6.04 Å². The summed E-state index contributed by atoms with van der Waals surface area (Å²) >= 11 is 1.59. The van der Waals surface area contributed by atoms with Gasteiger partial charge in [0.05, 0.1) is 12.7 Å². The minimum atomic E-state index is -0.525. The number of benzene rings is 3. The number of ether oxygens (including phenoxy) is 2. The Kier molecular flexibility index (Phi) is 8.40. The quantitative estimate of drug-likeness (QED) is 0.213. The maximum absolute atomic E-state index is 13.7. The van der Waals surface area contributed by atoms with Gasteiger partial charge in [-0.05, 0) is 55.7 Å². The second kappa shape index (κ2) is 12.3. The summed E-state index contributed by atoms with van der Waals surface area (Å²) in [5, 5.41) is 11.8. The zero-order valence-electron chi connectivity index (χ0n) is 23.1. The number of carbonyl (C=O) groups excluding carboxylic acids is 1. The fraction of sp³-hybridized carbons (Fsp3) is 0.258. The van der Waals surface area contributed by atoms with Gasteiger partial charge in [0, 0.05) is 17.1 Å². The van der Waals surface area contributed by atoms with Crippen LogP contribution in [0.2, 0.25) is 0 Å². The summed E-state index contributed by atoms with van der Waals surface area (Å²) in [6, 6.07) is 22.9. The Hall–Kier alpha value is -4.24. The van der Waals surface area contributed by atoms with Crippen molar-refractivity contribution >= 4 is 29.3 Å². The topological polar surface area (TPSA) is 90.3 Å². The van der Waals surface area contributed by atoms with Crippen LogP contribution in [0.15, 0.2) is 89.2 Å². The van der Waals surface area contributed by atoms with E-state index in [1.54, 1.807) is 23.6 Å². The highest BCUT2D eigenvalue weighted by molar-refractivity contribution is 7.99. The fourth-order valence-corrected chi connectivity index (χ4v) is 5.33. The molecule has 1 atom stereocenters. The first-order valence-electron chi connectivity index (χ1n) is 13.3. The lowest BCUT2D eigenvalue weighted by molar-refractivity contribution is -0.113. The summed E-state index contributed by atoms with van der Waals surface area (Å²) in [5.74, 6) is 2.48. The molecular formula is C31H33N5O3S. The van der Waals surface area contributed by atoms with Crippen molar-refractivity contribution in [3.63, 3.8) is 0 Å². The van der Waals surface area contributed by atoms with Crippen molar-refractivity contribution in [2.24, 2.45) is 0 Å². The summed E-state index contributed by atoms with van der Waals surface area (Å²) in [6.07, 6.45) is 1.01. The van der Waals surface area contributed by atoms with E-state index >= 15 is 0 Å². The van der Waals surface area contributed by atoms with E-state index in [0.29, 0.717) is 46.2 Å². The monoisotopic (exact) mass is 555 g/mol. The molecule has 0 spiro atoms. The van der Waals surface area contributed by atoms with E-state index in [1.165, 1.54) is 5.56 Å². The lowest BCUT2D eigenvalue weighted by atomic mass is 9.94. The van der Waals surface area contributed by atoms with Crippen molar-refractivity contribution in [2.45, 2.75) is 45.0 Å². The number of hydrogen-bond donors (Lipinski definition) is 2. The predicted octanol–water partition coefficient (Wildman–Crippen LogP) is 6.60. The molecule has 0 saturated carbocycles. The summed E-state index contributed by atoms with van der Waals surface area (Å²) in [7, 11) is 1.62. The van der Waals surface area contributed by atoms with Gasteiger partial charge >= 0.3 is 0 Å². The first-order chi connectivity index (χ1) is 19.5. The first kappa shape index (κ1) is 27.3. The molecule has 3 aromatic carbocycles. The molecule has 0 saturated heterocycles. The van der Waals surface area contributed by atoms with Gasteiger partial charge in [0.1, 0.15) is 12.6 Å². The number of rotatable bonds is 10. The van der Waals surface area contributed by atoms with Crippen molar-refractivity contribution in [1.82, 2.24) is 14.8 Å². The van der Waals surface area contributed by atoms with Gasteiger partial charge in [-0.15, -0.1) is 5.10 Å². The number of anilines is 2. The molecule has 0 aliphatic carbocycles. The second-order valence-corrected chi connectivity index (χ2v) is 10.6. The van der Waals surface area contributed by atoms with Crippen LogP contribution in [0, 0.1) is 6.92 Å². The molecular weight excluding hydrogens is 522 g/mol. The van der Waals surface area contributed by atoms with Gasteiger partial charge in [-0.25, -0.2) is 4.68 Å². The lowest BCUT2D eigenvalue weighted by Crippen LogP contribution is -2.31. The highest BCUT2D eigenvalue weighted by Gasteiger charge is 2.35. The van der Waals surface area contributed by atoms with Gasteiger partial charge < -0.3 is 20.1 Å². The number of aryl methyl sites for hydroxylation is 1. The third kappa shape index (κ3) is 5.99. The number of thioether (sulfide) groups is 1. The fourth-order valence-electron chi connectivity index (χ4n) is 4.64. The average Bonchev–Trinajstić information content (AvgIpc) is 3.37. The molecule has 4 aromatic rings. The number of nitrogens with one attached hydrogen (secondary N) is 2. The molecule has 1 unspecified atom stereocenters. The second-order valence-electron chi connectivity index (χ2n) is 9.59. The summed E-state index contributed by atoms with van der Waals surface area (Å²) in [6.45, 7) is 6.49. The van der Waals surface area contributed by atoms with Gasteiger partial charge in [0.25, 0.3) is 5.91 Å². The van der Waals surface area contributed by atoms with Gasteiger partial charge in [-0.1, -0.05) is 72.8 Å². The van der Waals surface area contributed by atoms with E-state index in [9.17, 15) is 4.79 Å². The van der Waals surface area contributed by atoms with Crippen LogP contribution in [0.4, 0.5) is 11.6 Å². The highest BCUT2D eigenvalue weighted by Crippen LogP contribution is 2.40. The standard InChI is InChI=1S/C31H33N5O3S/c1-5-16-40-31-34-30-32-21(3)27(29(37)33-24-12-7-6-8-13-24)28(36(30)35-31)23-14-15-25(26(18-23)38-4)39-19-22-11-9-10-20(2)17-22/h6-15,17-18,28H,5,16,19H2,1-4H3,(H,33,37)(H,32,34,35). The van der Waals surface area contributed by atoms with Crippen molar-refractivity contribution < 1.29 is 14.3 Å². The van der Waals surface area contributed by atoms with Gasteiger partial charge in [-0.2, -0.15) is 4.98 Å². The van der Waals surface area contributed by atoms with Crippen LogP contribution >= 0.6 is 11.8 Å². The maximum atomic E-state index is 13.7. The minimum Gasteiger partial charge on any atom is -0.493 e. The third-order valence-electron chi connectivity index (χ3n) is 6.52. The molecule has 1 aromatic heterocycles. The van der Waals surface area contributed by atoms with Gasteiger partial charge in [-0.3, -0.25) is 4.79 Å². The molecule has 9 heteroatoms. The summed E-state index contributed by atoms with van der Waals surface area (Å²) in [4.78, 5) is 18.4. The van der Waals surface area contributed by atoms with Crippen molar-refractivity contribution in [3.8, 4) is 11.5 Å². The Balaban J connectivity index is 1.51. The Labute approximate surface area is 238 Å². The van der Waals surface area contributed by atoms with Crippen molar-refractivity contribution in [2.75, 3.05) is 23.5 Å². The number of methoxy groups -OCH3 is 1. The highest BCUT2D eigenvalue weighted by atomic mass is 32.2. The number of aromatic nitrogens is 3. The molecule has 2 heterocycles. The lowest BCUT2D eigenvalue weighted by Gasteiger charge is -2.29. The van der Waals surface area contributed by atoms with E-state index in [0.717, 1.165) is 23.3 Å². The molecule has 5 rings (SSSR count). The third-order valence-corrected chi connectivity index (χ3v) is 7.57. The SMILES string of the molecule is CCCSc1nc2n(n1)C(c1ccc(OCc3cccc(C)c3)c(OC)c1)C(C(=O)Nc1ccccc1)=C(C)N2. The van der Waals surface area contributed by atoms with Crippen LogP contribution in [0.1, 0.15) is 43.0 Å². The van der Waals surface area contributed by atoms with E-state index in [4.69, 9.17) is 19.6 Å². The van der Waals surface area contributed by atoms with Crippen molar-refractivity contribution in [3.05, 3.63) is 101 Å². The largest absolute Gasteiger partial charge is 0.493 e. The first-order valence-corrected chi connectivity index (χ1v) is 14.2. The number of fused-ring (bicyclic) bond motifs is 1. The van der Waals surface area contributed by atoms with Crippen molar-refractivity contribution in [1.29, 1.82) is 0 Å². The summed E-state index contributed by atoms with van der Waals surface area (Å²) < 4.78 is 13.7. The zero-order valence-corrected chi connectivity index (χ0v) is 23.9. The molecule has 8 nitrogen and oxygen atoms in total. The average molecular weight is 556 g/mol.